The number of benzene rings is 1. The molecule has 2 atom stereocenters. The Labute approximate surface area is 167 Å². The zero-order valence-electron chi connectivity index (χ0n) is 17.5. The molecule has 1 aromatic carbocycles. The van der Waals surface area contributed by atoms with Gasteiger partial charge in [-0.15, -0.1) is 0 Å². The van der Waals surface area contributed by atoms with Crippen LogP contribution in [0.4, 0.5) is 5.69 Å². The fraction of sp³-hybridized carbons (Fsp3) is 0.591. The zero-order valence-corrected chi connectivity index (χ0v) is 17.5. The molecule has 2 aromatic rings. The number of hydrogen-bond donors (Lipinski definition) is 1. The average molecular weight is 380 g/mol. The van der Waals surface area contributed by atoms with Crippen LogP contribution in [0.15, 0.2) is 18.3 Å². The van der Waals surface area contributed by atoms with Crippen LogP contribution in [0, 0.1) is 13.5 Å². The molecular weight excluding hydrogens is 351 g/mol. The summed E-state index contributed by atoms with van der Waals surface area (Å²) in [5.41, 5.74) is 2.86. The number of rotatable bonds is 2. The third-order valence-corrected chi connectivity index (χ3v) is 6.82. The van der Waals surface area contributed by atoms with E-state index in [1.807, 2.05) is 13.0 Å². The predicted molar refractivity (Wildman–Crippen MR) is 112 cm³/mol. The van der Waals surface area contributed by atoms with Gasteiger partial charge in [-0.25, -0.2) is 4.85 Å². The van der Waals surface area contributed by atoms with Crippen molar-refractivity contribution in [1.82, 2.24) is 4.57 Å². The van der Waals surface area contributed by atoms with E-state index in [1.165, 1.54) is 0 Å². The Morgan fingerprint density at radius 1 is 1.18 bits per heavy atom. The summed E-state index contributed by atoms with van der Waals surface area (Å²) in [6.07, 6.45) is 5.59. The fourth-order valence-corrected chi connectivity index (χ4v) is 4.39. The summed E-state index contributed by atoms with van der Waals surface area (Å²) in [4.78, 5) is 3.70. The van der Waals surface area contributed by atoms with Crippen LogP contribution in [0.2, 0.25) is 0 Å². The highest BCUT2D eigenvalue weighted by Crippen LogP contribution is 2.39. The summed E-state index contributed by atoms with van der Waals surface area (Å²) in [6.45, 7) is 17.7. The van der Waals surface area contributed by atoms with Gasteiger partial charge >= 0.3 is 7.12 Å². The van der Waals surface area contributed by atoms with Crippen LogP contribution in [-0.4, -0.2) is 34.1 Å². The molecule has 0 bridgehead atoms. The van der Waals surface area contributed by atoms with E-state index in [1.54, 1.807) is 0 Å². The van der Waals surface area contributed by atoms with Gasteiger partial charge in [0.1, 0.15) is 0 Å². The molecule has 2 aliphatic rings. The molecule has 1 aliphatic heterocycles. The Kier molecular flexibility index (Phi) is 4.61. The van der Waals surface area contributed by atoms with Crippen LogP contribution in [0.1, 0.15) is 65.0 Å². The summed E-state index contributed by atoms with van der Waals surface area (Å²) in [6, 6.07) is 4.31. The van der Waals surface area contributed by atoms with Crippen molar-refractivity contribution in [2.45, 2.75) is 83.6 Å². The van der Waals surface area contributed by atoms with Gasteiger partial charge in [0, 0.05) is 23.2 Å². The van der Waals surface area contributed by atoms with Crippen molar-refractivity contribution in [3.63, 3.8) is 0 Å². The minimum atomic E-state index is -0.469. The first-order chi connectivity index (χ1) is 13.1. The molecule has 1 N–H and O–H groups in total. The Hall–Kier alpha value is -1.81. The standard InChI is InChI=1S/C22H29BN2O3/c1-14-10-20-17(12-19(14)24-6)18(23-27-21(2,3)22(4,5)28-23)13-25(20)15-8-7-9-16(26)11-15/h10,12-13,15-16,26H,7-9,11H2,1-5H3/t15-,16+/m1/s1. The summed E-state index contributed by atoms with van der Waals surface area (Å²) in [5, 5.41) is 11.2. The van der Waals surface area contributed by atoms with Gasteiger partial charge in [0.15, 0.2) is 5.69 Å². The van der Waals surface area contributed by atoms with Crippen LogP contribution in [0.25, 0.3) is 15.7 Å². The predicted octanol–water partition coefficient (Wildman–Crippen LogP) is 4.28. The van der Waals surface area contributed by atoms with E-state index in [0.717, 1.165) is 47.6 Å². The van der Waals surface area contributed by atoms with Gasteiger partial charge in [-0.1, -0.05) is 0 Å². The zero-order chi connectivity index (χ0) is 20.3. The molecule has 6 heteroatoms. The number of aliphatic hydroxyl groups is 1. The highest BCUT2D eigenvalue weighted by Gasteiger charge is 2.52. The molecule has 2 fully saturated rings. The van der Waals surface area contributed by atoms with Crippen LogP contribution in [0.3, 0.4) is 0 Å². The van der Waals surface area contributed by atoms with Gasteiger partial charge in [0.2, 0.25) is 0 Å². The Bertz CT molecular complexity index is 941. The van der Waals surface area contributed by atoms with Gasteiger partial charge < -0.3 is 19.0 Å². The lowest BCUT2D eigenvalue weighted by Crippen LogP contribution is -2.41. The van der Waals surface area contributed by atoms with Crippen LogP contribution in [-0.2, 0) is 9.31 Å². The number of fused-ring (bicyclic) bond motifs is 1. The second-order valence-corrected chi connectivity index (χ2v) is 9.32. The SMILES string of the molecule is [C-]#[N+]c1cc2c(B3OC(C)(C)C(C)(C)O3)cn([C@@H]3CCC[C@H](O)C3)c2cc1C. The summed E-state index contributed by atoms with van der Waals surface area (Å²) in [5.74, 6) is 0. The van der Waals surface area contributed by atoms with Crippen molar-refractivity contribution in [3.05, 3.63) is 35.3 Å². The molecule has 0 unspecified atom stereocenters. The quantitative estimate of drug-likeness (QED) is 0.625. The van der Waals surface area contributed by atoms with Gasteiger partial charge in [0.05, 0.1) is 23.9 Å². The van der Waals surface area contributed by atoms with E-state index in [-0.39, 0.29) is 12.1 Å². The van der Waals surface area contributed by atoms with E-state index < -0.39 is 18.3 Å². The van der Waals surface area contributed by atoms with Crippen LogP contribution < -0.4 is 5.46 Å². The second kappa shape index (κ2) is 6.62. The molecule has 1 saturated heterocycles. The van der Waals surface area contributed by atoms with Crippen molar-refractivity contribution >= 4 is 29.2 Å². The first kappa shape index (κ1) is 19.5. The largest absolute Gasteiger partial charge is 0.496 e. The van der Waals surface area contributed by atoms with Gasteiger partial charge in [-0.3, -0.25) is 0 Å². The summed E-state index contributed by atoms with van der Waals surface area (Å²) >= 11 is 0. The number of hydrogen-bond acceptors (Lipinski definition) is 3. The first-order valence-corrected chi connectivity index (χ1v) is 10.2. The maximum atomic E-state index is 10.2. The van der Waals surface area contributed by atoms with Gasteiger partial charge in [-0.2, -0.15) is 0 Å². The van der Waals surface area contributed by atoms with E-state index in [2.05, 4.69) is 49.4 Å². The fourth-order valence-electron chi connectivity index (χ4n) is 4.39. The molecule has 0 radical (unpaired) electrons. The van der Waals surface area contributed by atoms with E-state index in [0.29, 0.717) is 5.69 Å². The topological polar surface area (TPSA) is 48.0 Å². The van der Waals surface area contributed by atoms with Crippen molar-refractivity contribution < 1.29 is 14.4 Å². The van der Waals surface area contributed by atoms with Gasteiger partial charge in [-0.05, 0) is 83.4 Å². The number of aryl methyl sites for hydroxylation is 1. The monoisotopic (exact) mass is 380 g/mol. The summed E-state index contributed by atoms with van der Waals surface area (Å²) in [7, 11) is -0.469. The maximum Gasteiger partial charge on any atom is 0.496 e. The average Bonchev–Trinajstić information content (AvgIpc) is 3.08. The minimum absolute atomic E-state index is 0.250. The number of nitrogens with zero attached hydrogens (tertiary/aromatic N) is 2. The maximum absolute atomic E-state index is 10.2. The highest BCUT2D eigenvalue weighted by molar-refractivity contribution is 6.65. The molecule has 0 spiro atoms. The van der Waals surface area contributed by atoms with E-state index in [9.17, 15) is 5.11 Å². The normalized spacial score (nSPS) is 26.5. The molecule has 1 aliphatic carbocycles. The summed E-state index contributed by atoms with van der Waals surface area (Å²) < 4.78 is 14.9. The molecule has 4 rings (SSSR count). The Morgan fingerprint density at radius 2 is 1.86 bits per heavy atom. The minimum Gasteiger partial charge on any atom is -0.399 e. The molecule has 1 saturated carbocycles. The number of aliphatic hydroxyl groups excluding tert-OH is 1. The van der Waals surface area contributed by atoms with Crippen molar-refractivity contribution in [3.8, 4) is 0 Å². The van der Waals surface area contributed by atoms with Crippen LogP contribution in [0.5, 0.6) is 0 Å². The van der Waals surface area contributed by atoms with Crippen molar-refractivity contribution in [2.24, 2.45) is 0 Å². The van der Waals surface area contributed by atoms with Crippen molar-refractivity contribution in [1.29, 1.82) is 0 Å². The molecule has 2 heterocycles. The molecule has 5 nitrogen and oxygen atoms in total. The van der Waals surface area contributed by atoms with Gasteiger partial charge in [0.25, 0.3) is 0 Å². The molecule has 148 valence electrons. The lowest BCUT2D eigenvalue weighted by atomic mass is 9.79. The smallest absolute Gasteiger partial charge is 0.399 e. The first-order valence-electron chi connectivity index (χ1n) is 10.2. The second-order valence-electron chi connectivity index (χ2n) is 9.32. The lowest BCUT2D eigenvalue weighted by Gasteiger charge is -2.32. The number of aromatic nitrogens is 1. The molecule has 1 aromatic heterocycles. The van der Waals surface area contributed by atoms with E-state index in [4.69, 9.17) is 15.9 Å². The Balaban J connectivity index is 1.86. The van der Waals surface area contributed by atoms with E-state index >= 15 is 0 Å². The third kappa shape index (κ3) is 3.06. The lowest BCUT2D eigenvalue weighted by molar-refractivity contribution is 0.00578. The molecular formula is C22H29BN2O3. The molecule has 0 amide bonds. The molecule has 28 heavy (non-hydrogen) atoms. The highest BCUT2D eigenvalue weighted by atomic mass is 16.7. The third-order valence-electron chi connectivity index (χ3n) is 6.82. The van der Waals surface area contributed by atoms with Crippen molar-refractivity contribution in [2.75, 3.05) is 0 Å². The Morgan fingerprint density at radius 3 is 2.46 bits per heavy atom. The van der Waals surface area contributed by atoms with Crippen LogP contribution >= 0.6 is 0 Å².